The SMILES string of the molecule is CCc1nn(C)c(CC(CCc2ccccc2)NC)c1Cl. The van der Waals surface area contributed by atoms with Crippen molar-refractivity contribution in [3.05, 3.63) is 52.3 Å². The maximum atomic E-state index is 6.44. The number of aromatic nitrogens is 2. The fraction of sp³-hybridized carbons (Fsp3) is 0.471. The summed E-state index contributed by atoms with van der Waals surface area (Å²) in [6, 6.07) is 11.0. The Labute approximate surface area is 132 Å². The first-order valence-electron chi connectivity index (χ1n) is 7.57. The highest BCUT2D eigenvalue weighted by Gasteiger charge is 2.17. The first-order valence-corrected chi connectivity index (χ1v) is 7.94. The van der Waals surface area contributed by atoms with Gasteiger partial charge in [0.2, 0.25) is 0 Å². The van der Waals surface area contributed by atoms with E-state index in [0.717, 1.165) is 42.1 Å². The molecule has 0 aliphatic heterocycles. The van der Waals surface area contributed by atoms with E-state index in [9.17, 15) is 0 Å². The fourth-order valence-electron chi connectivity index (χ4n) is 2.61. The van der Waals surface area contributed by atoms with Crippen LogP contribution in [-0.4, -0.2) is 22.9 Å². The van der Waals surface area contributed by atoms with Crippen molar-refractivity contribution < 1.29 is 0 Å². The lowest BCUT2D eigenvalue weighted by atomic mass is 10.0. The first kappa shape index (κ1) is 16.1. The molecule has 0 aliphatic carbocycles. The number of benzene rings is 1. The van der Waals surface area contributed by atoms with Crippen molar-refractivity contribution in [2.75, 3.05) is 7.05 Å². The van der Waals surface area contributed by atoms with E-state index in [-0.39, 0.29) is 0 Å². The predicted octanol–water partition coefficient (Wildman–Crippen LogP) is 3.40. The van der Waals surface area contributed by atoms with Crippen molar-refractivity contribution in [3.8, 4) is 0 Å². The summed E-state index contributed by atoms with van der Waals surface area (Å²) in [5, 5.41) is 8.73. The van der Waals surface area contributed by atoms with Crippen LogP contribution < -0.4 is 5.32 Å². The van der Waals surface area contributed by atoms with E-state index < -0.39 is 0 Å². The Morgan fingerprint density at radius 3 is 2.57 bits per heavy atom. The molecule has 1 N–H and O–H groups in total. The average molecular weight is 306 g/mol. The van der Waals surface area contributed by atoms with Gasteiger partial charge in [-0.1, -0.05) is 48.9 Å². The maximum Gasteiger partial charge on any atom is 0.0850 e. The number of likely N-dealkylation sites (N-methyl/N-ethyl adjacent to an activating group) is 1. The van der Waals surface area contributed by atoms with Crippen LogP contribution in [-0.2, 0) is 26.3 Å². The Hall–Kier alpha value is -1.32. The number of nitrogens with zero attached hydrogens (tertiary/aromatic N) is 2. The molecule has 3 nitrogen and oxygen atoms in total. The Kier molecular flexibility index (Phi) is 5.83. The zero-order valence-corrected chi connectivity index (χ0v) is 13.8. The van der Waals surface area contributed by atoms with Crippen LogP contribution in [0.5, 0.6) is 0 Å². The van der Waals surface area contributed by atoms with Crippen molar-refractivity contribution in [2.24, 2.45) is 7.05 Å². The van der Waals surface area contributed by atoms with Gasteiger partial charge in [-0.3, -0.25) is 4.68 Å². The van der Waals surface area contributed by atoms with Crippen LogP contribution in [0.1, 0.15) is 30.3 Å². The minimum atomic E-state index is 0.405. The summed E-state index contributed by atoms with van der Waals surface area (Å²) in [5.74, 6) is 0. The summed E-state index contributed by atoms with van der Waals surface area (Å²) in [4.78, 5) is 0. The second-order valence-electron chi connectivity index (χ2n) is 5.40. The van der Waals surface area contributed by atoms with E-state index >= 15 is 0 Å². The van der Waals surface area contributed by atoms with Crippen LogP contribution in [0.3, 0.4) is 0 Å². The molecule has 0 aliphatic rings. The Balaban J connectivity index is 2.01. The highest BCUT2D eigenvalue weighted by molar-refractivity contribution is 6.31. The lowest BCUT2D eigenvalue weighted by Gasteiger charge is -2.16. The summed E-state index contributed by atoms with van der Waals surface area (Å²) in [7, 11) is 3.99. The number of hydrogen-bond acceptors (Lipinski definition) is 2. The fourth-order valence-corrected chi connectivity index (χ4v) is 2.98. The van der Waals surface area contributed by atoms with Gasteiger partial charge in [-0.25, -0.2) is 0 Å². The number of hydrogen-bond donors (Lipinski definition) is 1. The normalized spacial score (nSPS) is 12.6. The summed E-state index contributed by atoms with van der Waals surface area (Å²) in [6.07, 6.45) is 3.94. The average Bonchev–Trinajstić information content (AvgIpc) is 2.79. The second-order valence-corrected chi connectivity index (χ2v) is 5.78. The van der Waals surface area contributed by atoms with E-state index in [1.165, 1.54) is 5.56 Å². The van der Waals surface area contributed by atoms with E-state index in [0.29, 0.717) is 6.04 Å². The van der Waals surface area contributed by atoms with Gasteiger partial charge in [-0.2, -0.15) is 5.10 Å². The molecule has 1 atom stereocenters. The van der Waals surface area contributed by atoms with Gasteiger partial charge in [0.05, 0.1) is 16.4 Å². The Morgan fingerprint density at radius 1 is 1.29 bits per heavy atom. The Bertz CT molecular complexity index is 563. The molecule has 0 radical (unpaired) electrons. The molecule has 1 aromatic carbocycles. The highest BCUT2D eigenvalue weighted by atomic mass is 35.5. The minimum Gasteiger partial charge on any atom is -0.317 e. The second kappa shape index (κ2) is 7.62. The van der Waals surface area contributed by atoms with Crippen LogP contribution in [0, 0.1) is 0 Å². The molecule has 1 heterocycles. The molecule has 2 aromatic rings. The standard InChI is InChI=1S/C17H24ClN3/c1-4-15-17(18)16(21(3)20-15)12-14(19-2)11-10-13-8-6-5-7-9-13/h5-9,14,19H,4,10-12H2,1-3H3. The van der Waals surface area contributed by atoms with E-state index in [1.807, 2.05) is 18.8 Å². The summed E-state index contributed by atoms with van der Waals surface area (Å²) < 4.78 is 1.92. The summed E-state index contributed by atoms with van der Waals surface area (Å²) >= 11 is 6.44. The van der Waals surface area contributed by atoms with E-state index in [2.05, 4.69) is 47.7 Å². The minimum absolute atomic E-state index is 0.405. The van der Waals surface area contributed by atoms with Gasteiger partial charge in [-0.15, -0.1) is 0 Å². The third-order valence-electron chi connectivity index (χ3n) is 3.98. The molecule has 114 valence electrons. The number of halogens is 1. The Morgan fingerprint density at radius 2 is 2.00 bits per heavy atom. The van der Waals surface area contributed by atoms with Gasteiger partial charge in [0.1, 0.15) is 0 Å². The number of nitrogens with one attached hydrogen (secondary N) is 1. The molecule has 2 rings (SSSR count). The van der Waals surface area contributed by atoms with Crippen LogP contribution in [0.2, 0.25) is 5.02 Å². The van der Waals surface area contributed by atoms with Crippen molar-refractivity contribution in [2.45, 2.75) is 38.6 Å². The molecule has 0 saturated heterocycles. The van der Waals surface area contributed by atoms with Crippen LogP contribution in [0.15, 0.2) is 30.3 Å². The van der Waals surface area contributed by atoms with Crippen molar-refractivity contribution in [1.82, 2.24) is 15.1 Å². The smallest absolute Gasteiger partial charge is 0.0850 e. The van der Waals surface area contributed by atoms with Gasteiger partial charge in [0.15, 0.2) is 0 Å². The lowest BCUT2D eigenvalue weighted by Crippen LogP contribution is -2.29. The topological polar surface area (TPSA) is 29.9 Å². The third-order valence-corrected chi connectivity index (χ3v) is 4.41. The van der Waals surface area contributed by atoms with Crippen LogP contribution >= 0.6 is 11.6 Å². The van der Waals surface area contributed by atoms with Crippen molar-refractivity contribution in [1.29, 1.82) is 0 Å². The molecule has 4 heteroatoms. The van der Waals surface area contributed by atoms with E-state index in [4.69, 9.17) is 11.6 Å². The zero-order chi connectivity index (χ0) is 15.2. The largest absolute Gasteiger partial charge is 0.317 e. The molecule has 1 aromatic heterocycles. The van der Waals surface area contributed by atoms with Crippen LogP contribution in [0.25, 0.3) is 0 Å². The quantitative estimate of drug-likeness (QED) is 0.849. The molecule has 21 heavy (non-hydrogen) atoms. The van der Waals surface area contributed by atoms with E-state index in [1.54, 1.807) is 0 Å². The predicted molar refractivity (Wildman–Crippen MR) is 88.9 cm³/mol. The van der Waals surface area contributed by atoms with Crippen molar-refractivity contribution >= 4 is 11.6 Å². The van der Waals surface area contributed by atoms with Gasteiger partial charge in [0, 0.05) is 19.5 Å². The number of aryl methyl sites for hydroxylation is 3. The third kappa shape index (κ3) is 4.08. The molecular formula is C17H24ClN3. The lowest BCUT2D eigenvalue weighted by molar-refractivity contribution is 0.503. The van der Waals surface area contributed by atoms with Crippen LogP contribution in [0.4, 0.5) is 0 Å². The first-order chi connectivity index (χ1) is 10.2. The molecule has 0 amide bonds. The van der Waals surface area contributed by atoms with Gasteiger partial charge in [0.25, 0.3) is 0 Å². The monoisotopic (exact) mass is 305 g/mol. The van der Waals surface area contributed by atoms with Crippen molar-refractivity contribution in [3.63, 3.8) is 0 Å². The van der Waals surface area contributed by atoms with Gasteiger partial charge in [-0.05, 0) is 31.9 Å². The molecule has 0 bridgehead atoms. The van der Waals surface area contributed by atoms with Gasteiger partial charge < -0.3 is 5.32 Å². The molecule has 0 saturated carbocycles. The molecular weight excluding hydrogens is 282 g/mol. The molecule has 0 fully saturated rings. The highest BCUT2D eigenvalue weighted by Crippen LogP contribution is 2.23. The molecule has 1 unspecified atom stereocenters. The molecule has 0 spiro atoms. The summed E-state index contributed by atoms with van der Waals surface area (Å²) in [6.45, 7) is 2.09. The number of rotatable bonds is 7. The zero-order valence-electron chi connectivity index (χ0n) is 13.1. The maximum absolute atomic E-state index is 6.44. The summed E-state index contributed by atoms with van der Waals surface area (Å²) in [5.41, 5.74) is 3.50. The van der Waals surface area contributed by atoms with Gasteiger partial charge >= 0.3 is 0 Å².